The van der Waals surface area contributed by atoms with Crippen LogP contribution in [0.5, 0.6) is 0 Å². The van der Waals surface area contributed by atoms with Crippen LogP contribution in [0.2, 0.25) is 0 Å². The highest BCUT2D eigenvalue weighted by Crippen LogP contribution is 2.19. The normalized spacial score (nSPS) is 12.2. The molecule has 1 aromatic rings. The maximum absolute atomic E-state index is 12.2. The van der Waals surface area contributed by atoms with Crippen LogP contribution in [-0.4, -0.2) is 57.0 Å². The predicted octanol–water partition coefficient (Wildman–Crippen LogP) is 1.80. The van der Waals surface area contributed by atoms with Crippen LogP contribution in [-0.2, 0) is 10.0 Å². The third-order valence-corrected chi connectivity index (χ3v) is 6.21. The number of nitro benzene ring substituents is 1. The highest BCUT2D eigenvalue weighted by atomic mass is 127. The Hall–Kier alpha value is -1.12. The summed E-state index contributed by atoms with van der Waals surface area (Å²) in [6, 6.07) is 4.92. The van der Waals surface area contributed by atoms with Crippen LogP contribution in [0.25, 0.3) is 0 Å². The van der Waals surface area contributed by atoms with Crippen molar-refractivity contribution >= 4 is 57.4 Å². The summed E-state index contributed by atoms with van der Waals surface area (Å²) < 4.78 is 26.9. The summed E-state index contributed by atoms with van der Waals surface area (Å²) in [6.45, 7) is 5.33. The lowest BCUT2D eigenvalue weighted by molar-refractivity contribution is -0.385. The molecular weight excluding hydrogens is 505 g/mol. The van der Waals surface area contributed by atoms with Gasteiger partial charge in [-0.05, 0) is 26.2 Å². The van der Waals surface area contributed by atoms with Gasteiger partial charge in [0.05, 0.1) is 9.82 Å². The first kappa shape index (κ1) is 25.9. The van der Waals surface area contributed by atoms with Gasteiger partial charge >= 0.3 is 0 Å². The molecule has 0 unspecified atom stereocenters. The van der Waals surface area contributed by atoms with Gasteiger partial charge in [-0.15, -0.1) is 24.0 Å². The average molecular weight is 531 g/mol. The van der Waals surface area contributed by atoms with E-state index in [0.717, 1.165) is 6.07 Å². The summed E-state index contributed by atoms with van der Waals surface area (Å²) in [4.78, 5) is 14.1. The van der Waals surface area contributed by atoms with E-state index in [1.54, 1.807) is 18.8 Å². The molecule has 0 aromatic heterocycles. The molecule has 0 fully saturated rings. The van der Waals surface area contributed by atoms with Gasteiger partial charge in [-0.1, -0.05) is 6.07 Å². The van der Waals surface area contributed by atoms with Gasteiger partial charge in [-0.3, -0.25) is 15.1 Å². The molecule has 0 aliphatic heterocycles. The molecule has 12 heteroatoms. The van der Waals surface area contributed by atoms with Crippen molar-refractivity contribution in [3.63, 3.8) is 0 Å². The number of non-ortho nitro benzene ring substituents is 1. The molecule has 0 spiro atoms. The summed E-state index contributed by atoms with van der Waals surface area (Å²) in [5.74, 6) is 0.571. The van der Waals surface area contributed by atoms with E-state index in [0.29, 0.717) is 19.0 Å². The lowest BCUT2D eigenvalue weighted by Gasteiger charge is -2.23. The van der Waals surface area contributed by atoms with E-state index in [4.69, 9.17) is 0 Å². The van der Waals surface area contributed by atoms with Crippen LogP contribution in [0.3, 0.4) is 0 Å². The number of sulfonamides is 1. The van der Waals surface area contributed by atoms with Gasteiger partial charge in [-0.25, -0.2) is 13.1 Å². The van der Waals surface area contributed by atoms with Gasteiger partial charge in [0.25, 0.3) is 5.69 Å². The minimum atomic E-state index is -3.82. The fourth-order valence-corrected chi connectivity index (χ4v) is 3.09. The largest absolute Gasteiger partial charge is 0.355 e. The minimum Gasteiger partial charge on any atom is -0.355 e. The highest BCUT2D eigenvalue weighted by Gasteiger charge is 2.18. The number of aliphatic imine (C=N–C) groups is 1. The van der Waals surface area contributed by atoms with Gasteiger partial charge in [0.1, 0.15) is 0 Å². The minimum absolute atomic E-state index is 0. The van der Waals surface area contributed by atoms with Crippen molar-refractivity contribution in [2.24, 2.45) is 4.99 Å². The van der Waals surface area contributed by atoms with E-state index in [1.165, 1.54) is 18.2 Å². The number of nitrogens with one attached hydrogen (secondary N) is 3. The maximum Gasteiger partial charge on any atom is 0.270 e. The molecule has 1 rings (SSSR count). The number of halogens is 1. The number of hydrogen-bond acceptors (Lipinski definition) is 6. The van der Waals surface area contributed by atoms with Gasteiger partial charge in [0.2, 0.25) is 10.0 Å². The topological polar surface area (TPSA) is 126 Å². The van der Waals surface area contributed by atoms with Crippen LogP contribution in [0.4, 0.5) is 5.69 Å². The first-order valence-corrected chi connectivity index (χ1v) is 10.6. The standard InChI is InChI=1S/C15H25N5O4S2.HI/c1-15(2,25-4)11-18-14(16-3)17-8-9-19-26(23,24)13-7-5-6-12(10-13)20(21)22;/h5-7,10,19H,8-9,11H2,1-4H3,(H2,16,17,18);1H. The molecule has 0 aliphatic rings. The van der Waals surface area contributed by atoms with Crippen molar-refractivity contribution in [1.29, 1.82) is 0 Å². The number of guanidine groups is 1. The zero-order chi connectivity index (χ0) is 19.8. The Labute approximate surface area is 181 Å². The molecule has 0 bridgehead atoms. The third-order valence-electron chi connectivity index (χ3n) is 3.51. The third kappa shape index (κ3) is 9.08. The van der Waals surface area contributed by atoms with E-state index in [9.17, 15) is 18.5 Å². The van der Waals surface area contributed by atoms with Gasteiger partial charge < -0.3 is 10.6 Å². The summed E-state index contributed by atoms with van der Waals surface area (Å²) in [5.41, 5.74) is -0.271. The lowest BCUT2D eigenvalue weighted by Crippen LogP contribution is -2.45. The molecule has 27 heavy (non-hydrogen) atoms. The Kier molecular flexibility index (Phi) is 11.2. The molecule has 154 valence electrons. The summed E-state index contributed by atoms with van der Waals surface area (Å²) in [7, 11) is -2.18. The fraction of sp³-hybridized carbons (Fsp3) is 0.533. The second-order valence-corrected chi connectivity index (χ2v) is 9.25. The molecule has 0 saturated heterocycles. The summed E-state index contributed by atoms with van der Waals surface area (Å²) in [5, 5.41) is 17.0. The smallest absolute Gasteiger partial charge is 0.270 e. The lowest BCUT2D eigenvalue weighted by atomic mass is 10.2. The van der Waals surface area contributed by atoms with Crippen molar-refractivity contribution in [3.8, 4) is 0 Å². The molecular formula is C15H26IN5O4S2. The zero-order valence-electron chi connectivity index (χ0n) is 15.7. The Morgan fingerprint density at radius 3 is 2.52 bits per heavy atom. The van der Waals surface area contributed by atoms with Crippen LogP contribution in [0, 0.1) is 10.1 Å². The Morgan fingerprint density at radius 1 is 1.30 bits per heavy atom. The molecule has 0 aliphatic carbocycles. The van der Waals surface area contributed by atoms with E-state index in [-0.39, 0.29) is 45.9 Å². The van der Waals surface area contributed by atoms with E-state index in [1.807, 2.05) is 6.26 Å². The molecule has 0 heterocycles. The molecule has 9 nitrogen and oxygen atoms in total. The molecule has 0 amide bonds. The summed E-state index contributed by atoms with van der Waals surface area (Å²) in [6.07, 6.45) is 2.03. The SMILES string of the molecule is CN=C(NCCNS(=O)(=O)c1cccc([N+](=O)[O-])c1)NCC(C)(C)SC.I. The number of benzene rings is 1. The number of thioether (sulfide) groups is 1. The first-order valence-electron chi connectivity index (χ1n) is 7.85. The average Bonchev–Trinajstić information content (AvgIpc) is 2.61. The number of nitro groups is 1. The second-order valence-electron chi connectivity index (χ2n) is 5.97. The Bertz CT molecular complexity index is 756. The first-order chi connectivity index (χ1) is 12.1. The maximum atomic E-state index is 12.2. The van der Waals surface area contributed by atoms with E-state index in [2.05, 4.69) is 34.2 Å². The number of rotatable bonds is 9. The van der Waals surface area contributed by atoms with Crippen molar-refractivity contribution in [1.82, 2.24) is 15.4 Å². The zero-order valence-corrected chi connectivity index (χ0v) is 19.6. The number of nitrogens with zero attached hydrogens (tertiary/aromatic N) is 2. The predicted molar refractivity (Wildman–Crippen MR) is 121 cm³/mol. The van der Waals surface area contributed by atoms with Crippen molar-refractivity contribution in [3.05, 3.63) is 34.4 Å². The Balaban J connectivity index is 0.00000676. The molecule has 1 aromatic carbocycles. The molecule has 0 radical (unpaired) electrons. The van der Waals surface area contributed by atoms with E-state index >= 15 is 0 Å². The quantitative estimate of drug-likeness (QED) is 0.111. The van der Waals surface area contributed by atoms with Crippen molar-refractivity contribution in [2.75, 3.05) is 32.9 Å². The Morgan fingerprint density at radius 2 is 1.96 bits per heavy atom. The van der Waals surface area contributed by atoms with Crippen LogP contribution < -0.4 is 15.4 Å². The fourth-order valence-electron chi connectivity index (χ4n) is 1.80. The van der Waals surface area contributed by atoms with Gasteiger partial charge in [-0.2, -0.15) is 11.8 Å². The highest BCUT2D eigenvalue weighted by molar-refractivity contribution is 14.0. The van der Waals surface area contributed by atoms with Crippen LogP contribution >= 0.6 is 35.7 Å². The van der Waals surface area contributed by atoms with Gasteiger partial charge in [0.15, 0.2) is 5.96 Å². The van der Waals surface area contributed by atoms with E-state index < -0.39 is 14.9 Å². The molecule has 0 atom stereocenters. The summed E-state index contributed by atoms with van der Waals surface area (Å²) >= 11 is 1.73. The van der Waals surface area contributed by atoms with Crippen LogP contribution in [0.1, 0.15) is 13.8 Å². The molecule has 3 N–H and O–H groups in total. The molecule has 0 saturated carbocycles. The number of hydrogen-bond donors (Lipinski definition) is 3. The van der Waals surface area contributed by atoms with Crippen LogP contribution in [0.15, 0.2) is 34.2 Å². The van der Waals surface area contributed by atoms with Crippen molar-refractivity contribution in [2.45, 2.75) is 23.5 Å². The second kappa shape index (κ2) is 11.7. The monoisotopic (exact) mass is 531 g/mol. The van der Waals surface area contributed by atoms with Gasteiger partial charge in [0, 0.05) is 43.6 Å². The van der Waals surface area contributed by atoms with Crippen molar-refractivity contribution < 1.29 is 13.3 Å².